The van der Waals surface area contributed by atoms with E-state index in [9.17, 15) is 0 Å². The number of fused-ring (bicyclic) bond motifs is 12. The Kier molecular flexibility index (Phi) is 4.10. The van der Waals surface area contributed by atoms with Crippen molar-refractivity contribution in [2.45, 2.75) is 0 Å². The molecule has 0 bridgehead atoms. The van der Waals surface area contributed by atoms with Gasteiger partial charge in [0.25, 0.3) is 0 Å². The summed E-state index contributed by atoms with van der Waals surface area (Å²) < 4.78 is 4.88. The molecule has 4 heterocycles. The van der Waals surface area contributed by atoms with E-state index in [1.54, 1.807) is 0 Å². The molecular formula is C42H24N2. The predicted octanol–water partition coefficient (Wildman–Crippen LogP) is 11.3. The van der Waals surface area contributed by atoms with Gasteiger partial charge in [0.2, 0.25) is 0 Å². The second-order valence-electron chi connectivity index (χ2n) is 12.1. The molecule has 0 aliphatic rings. The average Bonchev–Trinajstić information content (AvgIpc) is 3.81. The van der Waals surface area contributed by atoms with Crippen molar-refractivity contribution in [2.24, 2.45) is 0 Å². The molecule has 0 aliphatic heterocycles. The van der Waals surface area contributed by atoms with Crippen molar-refractivity contribution >= 4 is 76.2 Å². The molecule has 0 saturated heterocycles. The van der Waals surface area contributed by atoms with E-state index in [1.165, 1.54) is 98.4 Å². The number of hydrogen-bond donors (Lipinski definition) is 0. The molecule has 11 rings (SSSR count). The monoisotopic (exact) mass is 556 g/mol. The minimum absolute atomic E-state index is 1.23. The Bertz CT molecular complexity index is 2720. The molecule has 0 fully saturated rings. The third-order valence-corrected chi connectivity index (χ3v) is 10.00. The summed E-state index contributed by atoms with van der Waals surface area (Å²) in [6, 6.07) is 53.9. The first-order chi connectivity index (χ1) is 21.8. The van der Waals surface area contributed by atoms with Gasteiger partial charge in [-0.25, -0.2) is 0 Å². The highest BCUT2D eigenvalue weighted by Crippen LogP contribution is 2.42. The number of rotatable bonds is 2. The van der Waals surface area contributed by atoms with Gasteiger partial charge in [0.1, 0.15) is 0 Å². The topological polar surface area (TPSA) is 8.82 Å². The Labute approximate surface area is 252 Å². The third-order valence-electron chi connectivity index (χ3n) is 10.00. The van der Waals surface area contributed by atoms with Gasteiger partial charge in [-0.2, -0.15) is 0 Å². The fraction of sp³-hybridized carbons (Fsp3) is 0. The van der Waals surface area contributed by atoms with Crippen molar-refractivity contribution in [1.29, 1.82) is 0 Å². The van der Waals surface area contributed by atoms with Crippen LogP contribution in [0.5, 0.6) is 0 Å². The molecule has 0 radical (unpaired) electrons. The van der Waals surface area contributed by atoms with Crippen LogP contribution in [0.25, 0.3) is 98.4 Å². The first-order valence-corrected chi connectivity index (χ1v) is 15.3. The van der Waals surface area contributed by atoms with Crippen LogP contribution in [-0.4, -0.2) is 8.80 Å². The summed E-state index contributed by atoms with van der Waals surface area (Å²) in [5, 5.41) is 10.5. The molecule has 0 aliphatic carbocycles. The minimum atomic E-state index is 1.23. The van der Waals surface area contributed by atoms with Crippen LogP contribution in [0.15, 0.2) is 146 Å². The zero-order valence-electron chi connectivity index (χ0n) is 23.8. The van der Waals surface area contributed by atoms with Gasteiger partial charge in [-0.1, -0.05) is 109 Å². The van der Waals surface area contributed by atoms with Crippen molar-refractivity contribution in [3.63, 3.8) is 0 Å². The summed E-state index contributed by atoms with van der Waals surface area (Å²) in [7, 11) is 0. The van der Waals surface area contributed by atoms with E-state index in [0.29, 0.717) is 0 Å². The molecule has 44 heavy (non-hydrogen) atoms. The maximum absolute atomic E-state index is 2.44. The normalized spacial score (nSPS) is 12.5. The number of nitrogens with zero attached hydrogens (tertiary/aromatic N) is 2. The van der Waals surface area contributed by atoms with E-state index in [2.05, 4.69) is 154 Å². The van der Waals surface area contributed by atoms with Crippen molar-refractivity contribution in [3.05, 3.63) is 146 Å². The molecule has 2 heteroatoms. The van der Waals surface area contributed by atoms with E-state index in [-0.39, 0.29) is 0 Å². The molecule has 0 N–H and O–H groups in total. The van der Waals surface area contributed by atoms with E-state index in [1.807, 2.05) is 0 Å². The molecule has 0 saturated carbocycles. The lowest BCUT2D eigenvalue weighted by atomic mass is 9.98. The van der Waals surface area contributed by atoms with Crippen molar-refractivity contribution in [1.82, 2.24) is 8.80 Å². The number of aromatic nitrogens is 2. The van der Waals surface area contributed by atoms with Crippen LogP contribution in [-0.2, 0) is 0 Å². The molecule has 4 aromatic heterocycles. The maximum atomic E-state index is 2.44. The summed E-state index contributed by atoms with van der Waals surface area (Å²) >= 11 is 0. The summed E-state index contributed by atoms with van der Waals surface area (Å²) in [5.41, 5.74) is 12.7. The van der Waals surface area contributed by atoms with Crippen LogP contribution in [0.2, 0.25) is 0 Å². The highest BCUT2D eigenvalue weighted by molar-refractivity contribution is 6.24. The predicted molar refractivity (Wildman–Crippen MR) is 187 cm³/mol. The van der Waals surface area contributed by atoms with Crippen LogP contribution in [0, 0.1) is 0 Å². The fourth-order valence-corrected chi connectivity index (χ4v) is 8.08. The lowest BCUT2D eigenvalue weighted by Crippen LogP contribution is -1.84. The number of hydrogen-bond acceptors (Lipinski definition) is 0. The first kappa shape index (κ1) is 22.7. The molecule has 0 atom stereocenters. The SMILES string of the molecule is c1ccc2c(c1)c1cccc3c4cc(-c5ccc(-c6ccc7c(c6)c6cccc8c9ccccc9n7c86)cc5)ccc4n2c13. The zero-order valence-corrected chi connectivity index (χ0v) is 23.8. The first-order valence-electron chi connectivity index (χ1n) is 15.3. The van der Waals surface area contributed by atoms with Crippen LogP contribution in [0.3, 0.4) is 0 Å². The molecule has 11 aromatic rings. The highest BCUT2D eigenvalue weighted by atomic mass is 14.9. The molecule has 0 amide bonds. The highest BCUT2D eigenvalue weighted by Gasteiger charge is 2.19. The average molecular weight is 557 g/mol. The van der Waals surface area contributed by atoms with E-state index < -0.39 is 0 Å². The fourth-order valence-electron chi connectivity index (χ4n) is 8.08. The lowest BCUT2D eigenvalue weighted by molar-refractivity contribution is 1.37. The van der Waals surface area contributed by atoms with Crippen LogP contribution < -0.4 is 0 Å². The van der Waals surface area contributed by atoms with Gasteiger partial charge in [0, 0.05) is 43.1 Å². The minimum Gasteiger partial charge on any atom is -0.308 e. The van der Waals surface area contributed by atoms with Gasteiger partial charge < -0.3 is 8.80 Å². The van der Waals surface area contributed by atoms with Crippen molar-refractivity contribution in [2.75, 3.05) is 0 Å². The summed E-state index contributed by atoms with van der Waals surface area (Å²) in [6.45, 7) is 0. The lowest BCUT2D eigenvalue weighted by Gasteiger charge is -2.07. The van der Waals surface area contributed by atoms with Crippen molar-refractivity contribution < 1.29 is 0 Å². The standard InChI is InChI=1S/C42H24N2/c1-3-13-37-29(7-1)31-9-5-11-33-35-23-27(19-21-39(35)43(37)41(31)33)25-15-17-26(18-16-25)28-20-22-40-36(24-28)34-12-6-10-32-30-8-2-4-14-38(30)44(40)42(32)34/h1-24H. The summed E-state index contributed by atoms with van der Waals surface area (Å²) in [5.74, 6) is 0. The Morgan fingerprint density at radius 1 is 0.250 bits per heavy atom. The van der Waals surface area contributed by atoms with Crippen molar-refractivity contribution in [3.8, 4) is 22.3 Å². The van der Waals surface area contributed by atoms with Gasteiger partial charge in [-0.3, -0.25) is 0 Å². The molecule has 0 spiro atoms. The second-order valence-corrected chi connectivity index (χ2v) is 12.1. The van der Waals surface area contributed by atoms with E-state index >= 15 is 0 Å². The van der Waals surface area contributed by atoms with Gasteiger partial charge in [-0.15, -0.1) is 0 Å². The van der Waals surface area contributed by atoms with E-state index in [4.69, 9.17) is 0 Å². The molecule has 0 unspecified atom stereocenters. The van der Waals surface area contributed by atoms with Crippen LogP contribution >= 0.6 is 0 Å². The summed E-state index contributed by atoms with van der Waals surface area (Å²) in [4.78, 5) is 0. The Balaban J connectivity index is 1.04. The molecule has 2 nitrogen and oxygen atoms in total. The molecule has 7 aromatic carbocycles. The smallest absolute Gasteiger partial charge is 0.0620 e. The second kappa shape index (κ2) is 7.94. The Hall–Kier alpha value is -5.86. The van der Waals surface area contributed by atoms with Crippen LogP contribution in [0.1, 0.15) is 0 Å². The zero-order chi connectivity index (χ0) is 28.5. The Morgan fingerprint density at radius 2 is 0.591 bits per heavy atom. The van der Waals surface area contributed by atoms with Gasteiger partial charge in [-0.05, 0) is 58.7 Å². The van der Waals surface area contributed by atoms with Gasteiger partial charge in [0.05, 0.1) is 33.1 Å². The summed E-state index contributed by atoms with van der Waals surface area (Å²) in [6.07, 6.45) is 0. The van der Waals surface area contributed by atoms with Crippen LogP contribution in [0.4, 0.5) is 0 Å². The van der Waals surface area contributed by atoms with E-state index in [0.717, 1.165) is 0 Å². The Morgan fingerprint density at radius 3 is 1.05 bits per heavy atom. The van der Waals surface area contributed by atoms with Gasteiger partial charge >= 0.3 is 0 Å². The largest absolute Gasteiger partial charge is 0.308 e. The number of benzene rings is 7. The molecular weight excluding hydrogens is 532 g/mol. The quantitative estimate of drug-likeness (QED) is 0.200. The number of para-hydroxylation sites is 4. The molecule has 202 valence electrons. The third kappa shape index (κ3) is 2.72. The maximum Gasteiger partial charge on any atom is 0.0620 e. The van der Waals surface area contributed by atoms with Gasteiger partial charge in [0.15, 0.2) is 0 Å².